The Morgan fingerprint density at radius 2 is 2.00 bits per heavy atom. The van der Waals surface area contributed by atoms with Crippen molar-refractivity contribution in [1.29, 1.82) is 0 Å². The van der Waals surface area contributed by atoms with Gasteiger partial charge in [-0.3, -0.25) is 0 Å². The molecule has 0 radical (unpaired) electrons. The highest BCUT2D eigenvalue weighted by Crippen LogP contribution is 2.28. The van der Waals surface area contributed by atoms with Crippen molar-refractivity contribution in [2.75, 3.05) is 6.61 Å². The molecule has 0 amide bonds. The third-order valence-corrected chi connectivity index (χ3v) is 3.87. The number of nitrogens with zero attached hydrogens (tertiary/aromatic N) is 3. The number of hydrogen-bond donors (Lipinski definition) is 1. The van der Waals surface area contributed by atoms with Crippen LogP contribution in [0.5, 0.6) is 5.75 Å². The molecule has 0 spiro atoms. The second-order valence-electron chi connectivity index (χ2n) is 5.79. The third kappa shape index (κ3) is 3.71. The normalized spacial score (nSPS) is 11.1. The van der Waals surface area contributed by atoms with Crippen molar-refractivity contribution < 1.29 is 9.94 Å². The van der Waals surface area contributed by atoms with Crippen LogP contribution in [0.1, 0.15) is 24.5 Å². The molecule has 1 heterocycles. The first-order valence-electron chi connectivity index (χ1n) is 8.29. The molecule has 128 valence electrons. The molecule has 0 saturated heterocycles. The highest BCUT2D eigenvalue weighted by atomic mass is 16.5. The quantitative estimate of drug-likeness (QED) is 0.411. The van der Waals surface area contributed by atoms with Crippen LogP contribution in [-0.2, 0) is 0 Å². The molecule has 1 N–H and O–H groups in total. The fourth-order valence-electron chi connectivity index (χ4n) is 2.65. The monoisotopic (exact) mass is 335 g/mol. The topological polar surface area (TPSA) is 59.6 Å². The Balaban J connectivity index is 2.01. The molecule has 0 bridgehead atoms. The minimum absolute atomic E-state index is 0.700. The average Bonchev–Trinajstić information content (AvgIpc) is 3.06. The van der Waals surface area contributed by atoms with E-state index in [-0.39, 0.29) is 0 Å². The van der Waals surface area contributed by atoms with Gasteiger partial charge in [0.15, 0.2) is 0 Å². The molecular weight excluding hydrogens is 314 g/mol. The van der Waals surface area contributed by atoms with Crippen molar-refractivity contribution in [3.63, 3.8) is 0 Å². The lowest BCUT2D eigenvalue weighted by molar-refractivity contribution is 0.315. The van der Waals surface area contributed by atoms with Crippen molar-refractivity contribution >= 4 is 6.21 Å². The van der Waals surface area contributed by atoms with Gasteiger partial charge in [0.1, 0.15) is 11.4 Å². The number of para-hydroxylation sites is 1. The second kappa shape index (κ2) is 7.66. The van der Waals surface area contributed by atoms with Gasteiger partial charge in [0.2, 0.25) is 0 Å². The van der Waals surface area contributed by atoms with Gasteiger partial charge < -0.3 is 9.94 Å². The average molecular weight is 335 g/mol. The van der Waals surface area contributed by atoms with Gasteiger partial charge in [0.25, 0.3) is 0 Å². The Kier molecular flexibility index (Phi) is 5.14. The molecule has 5 heteroatoms. The molecule has 0 unspecified atom stereocenters. The molecule has 0 atom stereocenters. The molecule has 2 aromatic carbocycles. The van der Waals surface area contributed by atoms with Crippen LogP contribution in [0.3, 0.4) is 0 Å². The van der Waals surface area contributed by atoms with E-state index < -0.39 is 0 Å². The minimum Gasteiger partial charge on any atom is -0.493 e. The van der Waals surface area contributed by atoms with Crippen LogP contribution in [-0.4, -0.2) is 27.8 Å². The summed E-state index contributed by atoms with van der Waals surface area (Å²) >= 11 is 0. The van der Waals surface area contributed by atoms with Crippen molar-refractivity contribution in [2.45, 2.75) is 20.3 Å². The molecule has 5 nitrogen and oxygen atoms in total. The Morgan fingerprint density at radius 1 is 1.20 bits per heavy atom. The summed E-state index contributed by atoms with van der Waals surface area (Å²) in [6, 6.07) is 15.8. The summed E-state index contributed by atoms with van der Waals surface area (Å²) in [6.07, 6.45) is 4.22. The highest BCUT2D eigenvalue weighted by Gasteiger charge is 2.12. The summed E-state index contributed by atoms with van der Waals surface area (Å²) in [5.41, 5.74) is 4.44. The van der Waals surface area contributed by atoms with Gasteiger partial charge in [0, 0.05) is 17.3 Å². The van der Waals surface area contributed by atoms with Crippen molar-refractivity contribution in [3.8, 4) is 22.7 Å². The molecule has 3 aromatic rings. The Bertz CT molecular complexity index is 870. The maximum absolute atomic E-state index is 8.98. The largest absolute Gasteiger partial charge is 0.493 e. The summed E-state index contributed by atoms with van der Waals surface area (Å²) in [5, 5.41) is 16.8. The van der Waals surface area contributed by atoms with Crippen LogP contribution in [0.15, 0.2) is 59.9 Å². The Hall–Kier alpha value is -3.08. The maximum atomic E-state index is 8.98. The van der Waals surface area contributed by atoms with Crippen molar-refractivity contribution in [1.82, 2.24) is 9.78 Å². The van der Waals surface area contributed by atoms with Crippen LogP contribution in [0, 0.1) is 6.92 Å². The SMILES string of the molecule is CCCOc1ccc(-c2nn(-c3ccccc3)cc2/C=N/O)cc1C. The van der Waals surface area contributed by atoms with E-state index in [1.54, 1.807) is 4.68 Å². The lowest BCUT2D eigenvalue weighted by Gasteiger charge is -2.09. The number of hydrogen-bond acceptors (Lipinski definition) is 4. The number of oxime groups is 1. The zero-order valence-corrected chi connectivity index (χ0v) is 14.4. The van der Waals surface area contributed by atoms with Gasteiger partial charge >= 0.3 is 0 Å². The highest BCUT2D eigenvalue weighted by molar-refractivity contribution is 5.88. The lowest BCUT2D eigenvalue weighted by atomic mass is 10.1. The van der Waals surface area contributed by atoms with Crippen LogP contribution >= 0.6 is 0 Å². The first kappa shape index (κ1) is 16.8. The summed E-state index contributed by atoms with van der Waals surface area (Å²) in [7, 11) is 0. The third-order valence-electron chi connectivity index (χ3n) is 3.87. The number of ether oxygens (including phenoxy) is 1. The Morgan fingerprint density at radius 3 is 2.68 bits per heavy atom. The fraction of sp³-hybridized carbons (Fsp3) is 0.200. The first-order chi connectivity index (χ1) is 12.2. The van der Waals surface area contributed by atoms with Crippen molar-refractivity contribution in [3.05, 3.63) is 65.9 Å². The molecule has 0 aliphatic rings. The summed E-state index contributed by atoms with van der Waals surface area (Å²) in [4.78, 5) is 0. The van der Waals surface area contributed by atoms with Gasteiger partial charge in [0.05, 0.1) is 18.5 Å². The van der Waals surface area contributed by atoms with Crippen molar-refractivity contribution in [2.24, 2.45) is 5.16 Å². The zero-order valence-electron chi connectivity index (χ0n) is 14.4. The first-order valence-corrected chi connectivity index (χ1v) is 8.29. The van der Waals surface area contributed by atoms with Gasteiger partial charge in [-0.25, -0.2) is 4.68 Å². The Labute approximate surface area is 147 Å². The zero-order chi connectivity index (χ0) is 17.6. The molecule has 0 aliphatic heterocycles. The molecule has 25 heavy (non-hydrogen) atoms. The molecule has 0 saturated carbocycles. The molecule has 1 aromatic heterocycles. The second-order valence-corrected chi connectivity index (χ2v) is 5.79. The van der Waals surface area contributed by atoms with E-state index in [4.69, 9.17) is 9.94 Å². The summed E-state index contributed by atoms with van der Waals surface area (Å²) < 4.78 is 7.52. The van der Waals surface area contributed by atoms with Crippen LogP contribution in [0.25, 0.3) is 16.9 Å². The van der Waals surface area contributed by atoms with E-state index in [1.807, 2.05) is 61.7 Å². The lowest BCUT2D eigenvalue weighted by Crippen LogP contribution is -1.97. The number of benzene rings is 2. The van der Waals surface area contributed by atoms with Crippen LogP contribution in [0.2, 0.25) is 0 Å². The number of aromatic nitrogens is 2. The molecular formula is C20H21N3O2. The van der Waals surface area contributed by atoms with Crippen LogP contribution < -0.4 is 4.74 Å². The van der Waals surface area contributed by atoms with Gasteiger partial charge in [-0.15, -0.1) is 0 Å². The van der Waals surface area contributed by atoms with E-state index in [0.717, 1.165) is 40.2 Å². The number of aryl methyl sites for hydroxylation is 1. The van der Waals surface area contributed by atoms with Gasteiger partial charge in [-0.2, -0.15) is 5.10 Å². The molecule has 0 fully saturated rings. The predicted octanol–water partition coefficient (Wildman–Crippen LogP) is 4.44. The molecule has 3 rings (SSSR count). The predicted molar refractivity (Wildman–Crippen MR) is 98.9 cm³/mol. The van der Waals surface area contributed by atoms with Crippen LogP contribution in [0.4, 0.5) is 0 Å². The smallest absolute Gasteiger partial charge is 0.122 e. The van der Waals surface area contributed by atoms with E-state index in [1.165, 1.54) is 6.21 Å². The fourth-order valence-corrected chi connectivity index (χ4v) is 2.65. The maximum Gasteiger partial charge on any atom is 0.122 e. The van der Waals surface area contributed by atoms with E-state index >= 15 is 0 Å². The number of rotatable bonds is 6. The van der Waals surface area contributed by atoms with Gasteiger partial charge in [-0.1, -0.05) is 30.3 Å². The summed E-state index contributed by atoms with van der Waals surface area (Å²) in [5.74, 6) is 0.880. The molecule has 0 aliphatic carbocycles. The van der Waals surface area contributed by atoms with E-state index in [0.29, 0.717) is 6.61 Å². The summed E-state index contributed by atoms with van der Waals surface area (Å²) in [6.45, 7) is 4.80. The van der Waals surface area contributed by atoms with E-state index in [2.05, 4.69) is 17.2 Å². The van der Waals surface area contributed by atoms with Gasteiger partial charge in [-0.05, 0) is 49.2 Å². The minimum atomic E-state index is 0.700. The van der Waals surface area contributed by atoms with E-state index in [9.17, 15) is 0 Å². The standard InChI is InChI=1S/C20H21N3O2/c1-3-11-25-19-10-9-16(12-15(19)2)20-17(13-21-24)14-23(22-20)18-7-5-4-6-8-18/h4-10,12-14,24H,3,11H2,1-2H3/b21-13+.